The number of aryl methyl sites for hydroxylation is 1. The number of hydrogen-bond donors (Lipinski definition) is 0. The molecule has 3 heterocycles. The Kier molecular flexibility index (Phi) is 7.38. The lowest BCUT2D eigenvalue weighted by molar-refractivity contribution is 0.0634. The first-order valence-corrected chi connectivity index (χ1v) is 13.8. The Morgan fingerprint density at radius 3 is 2.47 bits per heavy atom. The molecule has 5 nitrogen and oxygen atoms in total. The monoisotopic (exact) mass is 462 g/mol. The van der Waals surface area contributed by atoms with E-state index in [9.17, 15) is 4.79 Å². The van der Waals surface area contributed by atoms with Crippen LogP contribution in [0.3, 0.4) is 0 Å². The molecule has 1 saturated carbocycles. The van der Waals surface area contributed by atoms with E-state index in [2.05, 4.69) is 45.6 Å². The molecule has 0 unspecified atom stereocenters. The van der Waals surface area contributed by atoms with Crippen LogP contribution in [0.4, 0.5) is 0 Å². The molecule has 5 rings (SSSR count). The number of unbranched alkanes of at least 4 members (excludes halogenated alkanes) is 3. The predicted octanol–water partition coefficient (Wildman–Crippen LogP) is 5.79. The van der Waals surface area contributed by atoms with E-state index in [1.54, 1.807) is 0 Å². The standard InChI is InChI=1S/C29H42N4O/c1-3-4-5-6-10-22-11-9-12-24(21-22)28-30-26(23-13-14-23)27(31(28)2)29(34)33-19-15-25(16-20-33)32-17-7-8-18-32/h9,11-12,21,23,25H,3-8,10,13-20H2,1-2H3. The van der Waals surface area contributed by atoms with Crippen molar-refractivity contribution in [1.29, 1.82) is 0 Å². The van der Waals surface area contributed by atoms with E-state index in [1.807, 2.05) is 7.05 Å². The highest BCUT2D eigenvalue weighted by Crippen LogP contribution is 2.42. The van der Waals surface area contributed by atoms with Crippen LogP contribution in [-0.2, 0) is 13.5 Å². The van der Waals surface area contributed by atoms with Gasteiger partial charge >= 0.3 is 0 Å². The minimum atomic E-state index is 0.193. The number of rotatable bonds is 9. The number of aromatic nitrogens is 2. The molecular weight excluding hydrogens is 420 g/mol. The fraction of sp³-hybridized carbons (Fsp3) is 0.655. The number of carbonyl (C=O) groups excluding carboxylic acids is 1. The van der Waals surface area contributed by atoms with Crippen LogP contribution in [0.1, 0.15) is 98.8 Å². The van der Waals surface area contributed by atoms with Gasteiger partial charge in [0.15, 0.2) is 0 Å². The van der Waals surface area contributed by atoms with E-state index in [0.29, 0.717) is 12.0 Å². The minimum Gasteiger partial charge on any atom is -0.337 e. The summed E-state index contributed by atoms with van der Waals surface area (Å²) in [6, 6.07) is 9.50. The molecule has 0 radical (unpaired) electrons. The van der Waals surface area contributed by atoms with Gasteiger partial charge in [0, 0.05) is 37.7 Å². The summed E-state index contributed by atoms with van der Waals surface area (Å²) >= 11 is 0. The van der Waals surface area contributed by atoms with Crippen molar-refractivity contribution in [2.45, 2.75) is 89.5 Å². The second-order valence-electron chi connectivity index (χ2n) is 10.8. The van der Waals surface area contributed by atoms with Gasteiger partial charge in [-0.3, -0.25) is 4.79 Å². The molecule has 3 aliphatic rings. The quantitative estimate of drug-likeness (QED) is 0.443. The molecule has 34 heavy (non-hydrogen) atoms. The second-order valence-corrected chi connectivity index (χ2v) is 10.8. The lowest BCUT2D eigenvalue weighted by Gasteiger charge is -2.36. The maximum atomic E-state index is 13.8. The fourth-order valence-corrected chi connectivity index (χ4v) is 5.98. The molecule has 2 saturated heterocycles. The zero-order valence-electron chi connectivity index (χ0n) is 21.3. The van der Waals surface area contributed by atoms with Gasteiger partial charge in [0.2, 0.25) is 0 Å². The van der Waals surface area contributed by atoms with Crippen LogP contribution >= 0.6 is 0 Å². The van der Waals surface area contributed by atoms with Gasteiger partial charge in [-0.05, 0) is 76.1 Å². The first kappa shape index (κ1) is 23.6. The lowest BCUT2D eigenvalue weighted by Crippen LogP contribution is -2.46. The zero-order valence-corrected chi connectivity index (χ0v) is 21.3. The summed E-state index contributed by atoms with van der Waals surface area (Å²) in [6.07, 6.45) is 13.4. The Hall–Kier alpha value is -2.14. The van der Waals surface area contributed by atoms with Gasteiger partial charge < -0.3 is 14.4 Å². The molecule has 0 N–H and O–H groups in total. The molecule has 1 aromatic heterocycles. The summed E-state index contributed by atoms with van der Waals surface area (Å²) in [5.41, 5.74) is 4.40. The van der Waals surface area contributed by atoms with Crippen LogP contribution in [0.15, 0.2) is 24.3 Å². The van der Waals surface area contributed by atoms with Crippen molar-refractivity contribution in [3.8, 4) is 11.4 Å². The van der Waals surface area contributed by atoms with E-state index in [0.717, 1.165) is 68.0 Å². The molecule has 3 fully saturated rings. The SMILES string of the molecule is CCCCCCc1cccc(-c2nc(C3CC3)c(C(=O)N3CCC(N4CCCC4)CC3)n2C)c1. The highest BCUT2D eigenvalue weighted by Gasteiger charge is 2.36. The number of benzene rings is 1. The zero-order chi connectivity index (χ0) is 23.5. The summed E-state index contributed by atoms with van der Waals surface area (Å²) in [4.78, 5) is 23.6. The summed E-state index contributed by atoms with van der Waals surface area (Å²) in [5.74, 6) is 1.60. The van der Waals surface area contributed by atoms with Gasteiger partial charge in [-0.25, -0.2) is 4.98 Å². The average molecular weight is 463 g/mol. The number of amides is 1. The largest absolute Gasteiger partial charge is 0.337 e. The van der Waals surface area contributed by atoms with E-state index in [-0.39, 0.29) is 5.91 Å². The summed E-state index contributed by atoms with van der Waals surface area (Å²) in [6.45, 7) is 6.49. The maximum absolute atomic E-state index is 13.8. The fourth-order valence-electron chi connectivity index (χ4n) is 5.98. The number of likely N-dealkylation sites (tertiary alicyclic amines) is 2. The van der Waals surface area contributed by atoms with E-state index < -0.39 is 0 Å². The maximum Gasteiger partial charge on any atom is 0.272 e. The van der Waals surface area contributed by atoms with Gasteiger partial charge in [-0.15, -0.1) is 0 Å². The number of piperidine rings is 1. The molecule has 0 bridgehead atoms. The molecule has 2 aromatic rings. The van der Waals surface area contributed by atoms with Crippen LogP contribution in [0.5, 0.6) is 0 Å². The lowest BCUT2D eigenvalue weighted by atomic mass is 10.0. The van der Waals surface area contributed by atoms with Crippen molar-refractivity contribution in [3.05, 3.63) is 41.2 Å². The minimum absolute atomic E-state index is 0.193. The van der Waals surface area contributed by atoms with Gasteiger partial charge in [0.1, 0.15) is 11.5 Å². The molecule has 184 valence electrons. The first-order chi connectivity index (χ1) is 16.7. The molecule has 2 aliphatic heterocycles. The molecule has 0 atom stereocenters. The van der Waals surface area contributed by atoms with E-state index >= 15 is 0 Å². The van der Waals surface area contributed by atoms with E-state index in [4.69, 9.17) is 4.98 Å². The van der Waals surface area contributed by atoms with Crippen molar-refractivity contribution >= 4 is 5.91 Å². The van der Waals surface area contributed by atoms with Gasteiger partial charge in [0.25, 0.3) is 5.91 Å². The number of carbonyl (C=O) groups is 1. The first-order valence-electron chi connectivity index (χ1n) is 13.8. The summed E-state index contributed by atoms with van der Waals surface area (Å²) in [7, 11) is 2.05. The smallest absolute Gasteiger partial charge is 0.272 e. The predicted molar refractivity (Wildman–Crippen MR) is 138 cm³/mol. The molecule has 0 spiro atoms. The van der Waals surface area contributed by atoms with Crippen molar-refractivity contribution in [2.75, 3.05) is 26.2 Å². The topological polar surface area (TPSA) is 41.4 Å². The van der Waals surface area contributed by atoms with E-state index in [1.165, 1.54) is 57.2 Å². The van der Waals surface area contributed by atoms with Crippen molar-refractivity contribution in [1.82, 2.24) is 19.4 Å². The van der Waals surface area contributed by atoms with Crippen molar-refractivity contribution in [2.24, 2.45) is 7.05 Å². The molecule has 1 aromatic carbocycles. The van der Waals surface area contributed by atoms with Gasteiger partial charge in [-0.1, -0.05) is 44.4 Å². The second kappa shape index (κ2) is 10.6. The number of hydrogen-bond acceptors (Lipinski definition) is 3. The Morgan fingerprint density at radius 2 is 1.76 bits per heavy atom. The van der Waals surface area contributed by atoms with Crippen LogP contribution < -0.4 is 0 Å². The summed E-state index contributed by atoms with van der Waals surface area (Å²) < 4.78 is 2.10. The van der Waals surface area contributed by atoms with Crippen LogP contribution in [0.25, 0.3) is 11.4 Å². The Bertz CT molecular complexity index is 978. The van der Waals surface area contributed by atoms with Crippen LogP contribution in [-0.4, -0.2) is 57.5 Å². The third kappa shape index (κ3) is 5.10. The van der Waals surface area contributed by atoms with Crippen LogP contribution in [0.2, 0.25) is 0 Å². The Morgan fingerprint density at radius 1 is 1.00 bits per heavy atom. The Labute approximate surface area is 205 Å². The summed E-state index contributed by atoms with van der Waals surface area (Å²) in [5, 5.41) is 0. The number of imidazole rings is 1. The normalized spacial score (nSPS) is 19.8. The highest BCUT2D eigenvalue weighted by molar-refractivity contribution is 5.95. The molecule has 1 aliphatic carbocycles. The number of nitrogens with zero attached hydrogens (tertiary/aromatic N) is 4. The highest BCUT2D eigenvalue weighted by atomic mass is 16.2. The average Bonchev–Trinajstić information content (AvgIpc) is 3.44. The molecule has 1 amide bonds. The van der Waals surface area contributed by atoms with Crippen molar-refractivity contribution in [3.63, 3.8) is 0 Å². The van der Waals surface area contributed by atoms with Gasteiger partial charge in [-0.2, -0.15) is 0 Å². The molecule has 5 heteroatoms. The van der Waals surface area contributed by atoms with Gasteiger partial charge in [0.05, 0.1) is 5.69 Å². The Balaban J connectivity index is 1.33. The molecular formula is C29H42N4O. The van der Waals surface area contributed by atoms with Crippen molar-refractivity contribution < 1.29 is 4.79 Å². The van der Waals surface area contributed by atoms with Crippen LogP contribution in [0, 0.1) is 0 Å². The third-order valence-electron chi connectivity index (χ3n) is 8.20. The third-order valence-corrected chi connectivity index (χ3v) is 8.20.